The first-order chi connectivity index (χ1) is 7.70. The molecule has 1 heterocycles. The molecule has 1 saturated heterocycles. The first-order valence-electron chi connectivity index (χ1n) is 5.86. The highest BCUT2D eigenvalue weighted by molar-refractivity contribution is 5.20. The van der Waals surface area contributed by atoms with E-state index in [0.717, 1.165) is 19.5 Å². The standard InChI is InChI=1S/C13H19FN2/c1-16-9-10(8-15)2-7-13(16)11-3-5-12(14)6-4-11/h3-6,10,13H,2,7-9,15H2,1H3. The molecule has 1 aliphatic rings. The van der Waals surface area contributed by atoms with Crippen molar-refractivity contribution in [2.75, 3.05) is 20.1 Å². The van der Waals surface area contributed by atoms with E-state index in [-0.39, 0.29) is 5.82 Å². The SMILES string of the molecule is CN1CC(CN)CCC1c1ccc(F)cc1. The molecule has 1 aliphatic heterocycles. The molecule has 0 bridgehead atoms. The Morgan fingerprint density at radius 1 is 1.31 bits per heavy atom. The van der Waals surface area contributed by atoms with E-state index in [0.29, 0.717) is 12.0 Å². The van der Waals surface area contributed by atoms with Crippen LogP contribution in [0, 0.1) is 11.7 Å². The zero-order valence-electron chi connectivity index (χ0n) is 9.70. The summed E-state index contributed by atoms with van der Waals surface area (Å²) < 4.78 is 12.8. The molecule has 0 amide bonds. The lowest BCUT2D eigenvalue weighted by molar-refractivity contribution is 0.141. The number of hydrogen-bond donors (Lipinski definition) is 1. The lowest BCUT2D eigenvalue weighted by Crippen LogP contribution is -2.38. The molecular weight excluding hydrogens is 203 g/mol. The van der Waals surface area contributed by atoms with E-state index < -0.39 is 0 Å². The van der Waals surface area contributed by atoms with E-state index in [4.69, 9.17) is 5.73 Å². The van der Waals surface area contributed by atoms with Crippen molar-refractivity contribution < 1.29 is 4.39 Å². The smallest absolute Gasteiger partial charge is 0.123 e. The highest BCUT2D eigenvalue weighted by Crippen LogP contribution is 2.31. The van der Waals surface area contributed by atoms with Crippen LogP contribution in [-0.4, -0.2) is 25.0 Å². The van der Waals surface area contributed by atoms with Gasteiger partial charge < -0.3 is 5.73 Å². The van der Waals surface area contributed by atoms with E-state index >= 15 is 0 Å². The summed E-state index contributed by atoms with van der Waals surface area (Å²) in [5.41, 5.74) is 6.90. The molecule has 0 radical (unpaired) electrons. The van der Waals surface area contributed by atoms with Gasteiger partial charge in [-0.15, -0.1) is 0 Å². The third kappa shape index (κ3) is 2.42. The minimum atomic E-state index is -0.165. The fourth-order valence-electron chi connectivity index (χ4n) is 2.54. The van der Waals surface area contributed by atoms with Gasteiger partial charge >= 0.3 is 0 Å². The summed E-state index contributed by atoms with van der Waals surface area (Å²) >= 11 is 0. The monoisotopic (exact) mass is 222 g/mol. The van der Waals surface area contributed by atoms with Gasteiger partial charge in [-0.3, -0.25) is 4.90 Å². The van der Waals surface area contributed by atoms with Crippen molar-refractivity contribution in [3.8, 4) is 0 Å². The van der Waals surface area contributed by atoms with E-state index in [1.54, 1.807) is 0 Å². The molecule has 0 aromatic heterocycles. The van der Waals surface area contributed by atoms with Crippen molar-refractivity contribution in [1.29, 1.82) is 0 Å². The number of nitrogens with two attached hydrogens (primary N) is 1. The minimum Gasteiger partial charge on any atom is -0.330 e. The van der Waals surface area contributed by atoms with Crippen LogP contribution < -0.4 is 5.73 Å². The number of nitrogens with zero attached hydrogens (tertiary/aromatic N) is 1. The summed E-state index contributed by atoms with van der Waals surface area (Å²) in [5, 5.41) is 0. The molecule has 0 saturated carbocycles. The van der Waals surface area contributed by atoms with Crippen molar-refractivity contribution in [3.63, 3.8) is 0 Å². The molecule has 2 nitrogen and oxygen atoms in total. The van der Waals surface area contributed by atoms with Gasteiger partial charge in [-0.2, -0.15) is 0 Å². The predicted octanol–water partition coefficient (Wildman–Crippen LogP) is 2.17. The van der Waals surface area contributed by atoms with Crippen LogP contribution in [0.15, 0.2) is 24.3 Å². The number of likely N-dealkylation sites (tertiary alicyclic amines) is 1. The Hall–Kier alpha value is -0.930. The van der Waals surface area contributed by atoms with Gasteiger partial charge in [0.1, 0.15) is 5.82 Å². The Bertz CT molecular complexity index is 336. The zero-order chi connectivity index (χ0) is 11.5. The lowest BCUT2D eigenvalue weighted by atomic mass is 9.89. The van der Waals surface area contributed by atoms with Gasteiger partial charge in [0.15, 0.2) is 0 Å². The fourth-order valence-corrected chi connectivity index (χ4v) is 2.54. The van der Waals surface area contributed by atoms with E-state index in [9.17, 15) is 4.39 Å². The van der Waals surface area contributed by atoms with Gasteiger partial charge in [-0.1, -0.05) is 12.1 Å². The lowest BCUT2D eigenvalue weighted by Gasteiger charge is -2.37. The maximum absolute atomic E-state index is 12.8. The van der Waals surface area contributed by atoms with Gasteiger partial charge in [0.25, 0.3) is 0 Å². The highest BCUT2D eigenvalue weighted by Gasteiger charge is 2.25. The van der Waals surface area contributed by atoms with Gasteiger partial charge in [0, 0.05) is 12.6 Å². The molecule has 1 aromatic rings. The molecule has 2 N–H and O–H groups in total. The van der Waals surface area contributed by atoms with Gasteiger partial charge in [0.05, 0.1) is 0 Å². The van der Waals surface area contributed by atoms with E-state index in [2.05, 4.69) is 11.9 Å². The Morgan fingerprint density at radius 3 is 2.56 bits per heavy atom. The van der Waals surface area contributed by atoms with Crippen molar-refractivity contribution in [2.24, 2.45) is 11.7 Å². The molecule has 3 heteroatoms. The van der Waals surface area contributed by atoms with Crippen LogP contribution in [0.25, 0.3) is 0 Å². The zero-order valence-corrected chi connectivity index (χ0v) is 9.70. The van der Waals surface area contributed by atoms with Crippen LogP contribution in [0.5, 0.6) is 0 Å². The topological polar surface area (TPSA) is 29.3 Å². The molecule has 0 spiro atoms. The molecule has 2 unspecified atom stereocenters. The summed E-state index contributed by atoms with van der Waals surface area (Å²) in [6, 6.07) is 7.28. The first kappa shape index (κ1) is 11.6. The molecule has 2 rings (SSSR count). The van der Waals surface area contributed by atoms with Crippen LogP contribution >= 0.6 is 0 Å². The van der Waals surface area contributed by atoms with Crippen molar-refractivity contribution in [1.82, 2.24) is 4.90 Å². The normalized spacial score (nSPS) is 26.9. The fraction of sp³-hybridized carbons (Fsp3) is 0.538. The second kappa shape index (κ2) is 4.93. The molecular formula is C13H19FN2. The molecule has 1 aromatic carbocycles. The van der Waals surface area contributed by atoms with Crippen LogP contribution in [0.1, 0.15) is 24.4 Å². The van der Waals surface area contributed by atoms with Crippen LogP contribution in [-0.2, 0) is 0 Å². The Kier molecular flexibility index (Phi) is 3.56. The van der Waals surface area contributed by atoms with E-state index in [1.165, 1.54) is 24.1 Å². The third-order valence-electron chi connectivity index (χ3n) is 3.51. The Labute approximate surface area is 96.2 Å². The highest BCUT2D eigenvalue weighted by atomic mass is 19.1. The van der Waals surface area contributed by atoms with Crippen LogP contribution in [0.3, 0.4) is 0 Å². The number of rotatable bonds is 2. The molecule has 1 fully saturated rings. The second-order valence-electron chi connectivity index (χ2n) is 4.69. The van der Waals surface area contributed by atoms with E-state index in [1.807, 2.05) is 12.1 Å². The van der Waals surface area contributed by atoms with Crippen molar-refractivity contribution in [2.45, 2.75) is 18.9 Å². The van der Waals surface area contributed by atoms with Gasteiger partial charge in [-0.05, 0) is 50.0 Å². The molecule has 16 heavy (non-hydrogen) atoms. The predicted molar refractivity (Wildman–Crippen MR) is 63.5 cm³/mol. The van der Waals surface area contributed by atoms with Crippen molar-refractivity contribution in [3.05, 3.63) is 35.6 Å². The summed E-state index contributed by atoms with van der Waals surface area (Å²) in [7, 11) is 2.12. The molecule has 88 valence electrons. The minimum absolute atomic E-state index is 0.165. The molecule has 0 aliphatic carbocycles. The number of halogens is 1. The largest absolute Gasteiger partial charge is 0.330 e. The quantitative estimate of drug-likeness (QED) is 0.831. The average molecular weight is 222 g/mol. The Balaban J connectivity index is 2.08. The number of benzene rings is 1. The third-order valence-corrected chi connectivity index (χ3v) is 3.51. The summed E-state index contributed by atoms with van der Waals surface area (Å²) in [6.07, 6.45) is 2.28. The number of hydrogen-bond acceptors (Lipinski definition) is 2. The summed E-state index contributed by atoms with van der Waals surface area (Å²) in [4.78, 5) is 2.33. The maximum atomic E-state index is 12.8. The van der Waals surface area contributed by atoms with Gasteiger partial charge in [-0.25, -0.2) is 4.39 Å². The maximum Gasteiger partial charge on any atom is 0.123 e. The van der Waals surface area contributed by atoms with Crippen LogP contribution in [0.2, 0.25) is 0 Å². The summed E-state index contributed by atoms with van der Waals surface area (Å²) in [5.74, 6) is 0.448. The van der Waals surface area contributed by atoms with Crippen molar-refractivity contribution >= 4 is 0 Å². The first-order valence-corrected chi connectivity index (χ1v) is 5.86. The van der Waals surface area contributed by atoms with Gasteiger partial charge in [0.2, 0.25) is 0 Å². The Morgan fingerprint density at radius 2 is 2.00 bits per heavy atom. The van der Waals surface area contributed by atoms with Crippen LogP contribution in [0.4, 0.5) is 4.39 Å². The number of piperidine rings is 1. The second-order valence-corrected chi connectivity index (χ2v) is 4.69. The summed E-state index contributed by atoms with van der Waals surface area (Å²) in [6.45, 7) is 1.80. The average Bonchev–Trinajstić information content (AvgIpc) is 2.30. The molecule has 2 atom stereocenters.